The van der Waals surface area contributed by atoms with Gasteiger partial charge in [-0.1, -0.05) is 62.9 Å². The normalized spacial score (nSPS) is 15.2. The minimum Gasteiger partial charge on any atom is -0.548 e. The summed E-state index contributed by atoms with van der Waals surface area (Å²) in [6.07, 6.45) is 9.14. The number of carbonyl (C=O) groups excluding carboxylic acids is 2. The molecule has 1 saturated carbocycles. The Morgan fingerprint density at radius 2 is 1.82 bits per heavy atom. The fourth-order valence-corrected chi connectivity index (χ4v) is 7.47. The van der Waals surface area contributed by atoms with Crippen LogP contribution in [0.1, 0.15) is 79.8 Å². The number of nitrogens with zero attached hydrogens (tertiary/aromatic N) is 1. The van der Waals surface area contributed by atoms with Crippen molar-refractivity contribution in [3.05, 3.63) is 59.2 Å². The Morgan fingerprint density at radius 3 is 2.48 bits per heavy atom. The van der Waals surface area contributed by atoms with E-state index in [1.54, 1.807) is 16.4 Å². The zero-order valence-corrected chi connectivity index (χ0v) is 25.6. The number of sulfonamides is 1. The lowest BCUT2D eigenvalue weighted by Crippen LogP contribution is -2.48. The molecule has 0 radical (unpaired) electrons. The summed E-state index contributed by atoms with van der Waals surface area (Å²) in [4.78, 5) is 25.1. The summed E-state index contributed by atoms with van der Waals surface area (Å²) in [5.74, 6) is -0.746. The van der Waals surface area contributed by atoms with Crippen molar-refractivity contribution < 1.29 is 23.1 Å². The maximum Gasteiger partial charge on any atom is 0.252 e. The first-order valence-electron chi connectivity index (χ1n) is 14.3. The second-order valence-corrected chi connectivity index (χ2v) is 13.9. The molecule has 0 spiro atoms. The van der Waals surface area contributed by atoms with Gasteiger partial charge in [0.05, 0.1) is 17.8 Å². The van der Waals surface area contributed by atoms with Gasteiger partial charge in [0.1, 0.15) is 0 Å². The van der Waals surface area contributed by atoms with Gasteiger partial charge in [0, 0.05) is 18.7 Å². The number of rotatable bonds is 15. The molecule has 1 fully saturated rings. The summed E-state index contributed by atoms with van der Waals surface area (Å²) in [7, 11) is -3.45. The van der Waals surface area contributed by atoms with E-state index in [9.17, 15) is 23.1 Å². The number of nitrogens with one attached hydrogen (secondary N) is 1. The topological polar surface area (TPSA) is 107 Å². The van der Waals surface area contributed by atoms with E-state index >= 15 is 0 Å². The molecule has 3 rings (SSSR count). The molecule has 220 valence electrons. The average Bonchev–Trinajstić information content (AvgIpc) is 2.94. The van der Waals surface area contributed by atoms with Crippen molar-refractivity contribution >= 4 is 33.7 Å². The summed E-state index contributed by atoms with van der Waals surface area (Å²) in [5, 5.41) is 14.3. The summed E-state index contributed by atoms with van der Waals surface area (Å²) < 4.78 is 28.5. The molecular formula is C31H43N2O5S2-. The van der Waals surface area contributed by atoms with E-state index in [0.717, 1.165) is 48.8 Å². The van der Waals surface area contributed by atoms with Crippen LogP contribution in [0.5, 0.6) is 0 Å². The highest BCUT2D eigenvalue weighted by Crippen LogP contribution is 2.30. The Balaban J connectivity index is 1.98. The Bertz CT molecular complexity index is 1240. The molecule has 0 bridgehead atoms. The molecule has 0 aliphatic heterocycles. The van der Waals surface area contributed by atoms with Gasteiger partial charge in [-0.3, -0.25) is 4.79 Å². The van der Waals surface area contributed by atoms with E-state index in [1.807, 2.05) is 50.4 Å². The maximum absolute atomic E-state index is 13.4. The minimum absolute atomic E-state index is 0.127. The highest BCUT2D eigenvalue weighted by molar-refractivity contribution is 7.98. The Labute approximate surface area is 244 Å². The number of amides is 1. The van der Waals surface area contributed by atoms with Crippen LogP contribution in [0.25, 0.3) is 11.1 Å². The molecule has 2 aromatic rings. The number of hydrogen-bond donors (Lipinski definition) is 1. The molecule has 9 heteroatoms. The molecule has 1 N–H and O–H groups in total. The Kier molecular flexibility index (Phi) is 12.5. The lowest BCUT2D eigenvalue weighted by molar-refractivity contribution is -0.308. The lowest BCUT2D eigenvalue weighted by Gasteiger charge is -2.29. The van der Waals surface area contributed by atoms with Crippen LogP contribution in [0.4, 0.5) is 0 Å². The summed E-state index contributed by atoms with van der Waals surface area (Å²) in [6, 6.07) is 12.0. The van der Waals surface area contributed by atoms with Gasteiger partial charge in [0.25, 0.3) is 5.91 Å². The van der Waals surface area contributed by atoms with Crippen LogP contribution >= 0.6 is 11.8 Å². The number of hydrogen-bond acceptors (Lipinski definition) is 6. The predicted octanol–water partition coefficient (Wildman–Crippen LogP) is 4.78. The third kappa shape index (κ3) is 9.08. The third-order valence-electron chi connectivity index (χ3n) is 7.66. The molecule has 0 heterocycles. The fourth-order valence-electron chi connectivity index (χ4n) is 5.30. The molecule has 40 heavy (non-hydrogen) atoms. The summed E-state index contributed by atoms with van der Waals surface area (Å²) >= 11 is 1.50. The van der Waals surface area contributed by atoms with Crippen molar-refractivity contribution in [2.24, 2.45) is 5.92 Å². The van der Waals surface area contributed by atoms with Crippen LogP contribution < -0.4 is 10.4 Å². The number of thioether (sulfide) groups is 1. The standard InChI is InChI=1S/C31H44N2O5S2/c1-4-5-19-40(37,38)33(21-24-12-7-6-8-13-24)22-25-15-16-27(28(20-25)26-14-10-9-11-23(26)2)30(34)32-29(31(35)36)17-18-39-3/h9-11,14-16,20,24,29H,4-8,12-13,17-19,21-22H2,1-3H3,(H,32,34)(H,35,36)/p-1/t29-/m0/s1. The number of carboxylic acid groups (broad SMARTS) is 1. The summed E-state index contributed by atoms with van der Waals surface area (Å²) in [6.45, 7) is 4.69. The molecule has 1 atom stereocenters. The van der Waals surface area contributed by atoms with Crippen LogP contribution in [-0.4, -0.2) is 54.9 Å². The van der Waals surface area contributed by atoms with Crippen molar-refractivity contribution in [2.75, 3.05) is 24.3 Å². The van der Waals surface area contributed by atoms with Gasteiger partial charge in [0.15, 0.2) is 0 Å². The molecule has 1 aliphatic carbocycles. The van der Waals surface area contributed by atoms with Gasteiger partial charge in [-0.2, -0.15) is 16.1 Å². The third-order valence-corrected chi connectivity index (χ3v) is 10.2. The minimum atomic E-state index is -3.45. The van der Waals surface area contributed by atoms with Crippen molar-refractivity contribution in [3.63, 3.8) is 0 Å². The second-order valence-electron chi connectivity index (χ2n) is 10.8. The van der Waals surface area contributed by atoms with Crippen LogP contribution in [0, 0.1) is 12.8 Å². The first-order valence-corrected chi connectivity index (χ1v) is 17.3. The van der Waals surface area contributed by atoms with Crippen molar-refractivity contribution in [2.45, 2.75) is 77.8 Å². The number of unbranched alkanes of at least 4 members (excludes halogenated alkanes) is 1. The smallest absolute Gasteiger partial charge is 0.252 e. The number of carboxylic acids is 1. The van der Waals surface area contributed by atoms with Crippen LogP contribution in [0.15, 0.2) is 42.5 Å². The maximum atomic E-state index is 13.4. The van der Waals surface area contributed by atoms with E-state index in [1.165, 1.54) is 18.2 Å². The van der Waals surface area contributed by atoms with Crippen molar-refractivity contribution in [1.82, 2.24) is 9.62 Å². The van der Waals surface area contributed by atoms with Crippen LogP contribution in [0.3, 0.4) is 0 Å². The van der Waals surface area contributed by atoms with Gasteiger partial charge in [0.2, 0.25) is 10.0 Å². The van der Waals surface area contributed by atoms with Crippen LogP contribution in [0.2, 0.25) is 0 Å². The van der Waals surface area contributed by atoms with Gasteiger partial charge in [-0.25, -0.2) is 8.42 Å². The van der Waals surface area contributed by atoms with Crippen molar-refractivity contribution in [3.8, 4) is 11.1 Å². The van der Waals surface area contributed by atoms with Gasteiger partial charge in [-0.15, -0.1) is 0 Å². The number of aryl methyl sites for hydroxylation is 1. The van der Waals surface area contributed by atoms with E-state index in [4.69, 9.17) is 0 Å². The SMILES string of the molecule is CCCCS(=O)(=O)N(Cc1ccc(C(=O)N[C@@H](CCSC)C(=O)[O-])c(-c2ccccc2C)c1)CC1CCCCC1. The average molecular weight is 588 g/mol. The Hall–Kier alpha value is -2.36. The van der Waals surface area contributed by atoms with E-state index in [2.05, 4.69) is 5.32 Å². The van der Waals surface area contributed by atoms with E-state index in [-0.39, 0.29) is 18.7 Å². The summed E-state index contributed by atoms with van der Waals surface area (Å²) in [5.41, 5.74) is 3.60. The lowest BCUT2D eigenvalue weighted by atomic mass is 9.89. The number of carbonyl (C=O) groups is 2. The quantitative estimate of drug-likeness (QED) is 0.322. The molecule has 0 aromatic heterocycles. The van der Waals surface area contributed by atoms with E-state index < -0.39 is 27.9 Å². The first kappa shape index (κ1) is 32.2. The zero-order valence-electron chi connectivity index (χ0n) is 24.0. The predicted molar refractivity (Wildman–Crippen MR) is 162 cm³/mol. The zero-order chi connectivity index (χ0) is 29.1. The highest BCUT2D eigenvalue weighted by atomic mass is 32.2. The molecule has 1 amide bonds. The largest absolute Gasteiger partial charge is 0.548 e. The molecular weight excluding hydrogens is 544 g/mol. The monoisotopic (exact) mass is 587 g/mol. The van der Waals surface area contributed by atoms with Crippen LogP contribution in [-0.2, 0) is 21.4 Å². The molecule has 1 aliphatic rings. The van der Waals surface area contributed by atoms with Gasteiger partial charge < -0.3 is 15.2 Å². The second kappa shape index (κ2) is 15.6. The Morgan fingerprint density at radius 1 is 1.10 bits per heavy atom. The molecule has 0 saturated heterocycles. The van der Waals surface area contributed by atoms with Crippen molar-refractivity contribution in [1.29, 1.82) is 0 Å². The highest BCUT2D eigenvalue weighted by Gasteiger charge is 2.27. The molecule has 7 nitrogen and oxygen atoms in total. The van der Waals surface area contributed by atoms with E-state index in [0.29, 0.717) is 35.8 Å². The fraction of sp³-hybridized carbons (Fsp3) is 0.548. The molecule has 2 aromatic carbocycles. The first-order chi connectivity index (χ1) is 19.2. The number of aliphatic carboxylic acids is 1. The number of benzene rings is 2. The molecule has 0 unspecified atom stereocenters. The van der Waals surface area contributed by atoms with Gasteiger partial charge >= 0.3 is 0 Å². The van der Waals surface area contributed by atoms with Gasteiger partial charge in [-0.05, 0) is 84.9 Å².